The Labute approximate surface area is 131 Å². The van der Waals surface area contributed by atoms with Crippen molar-refractivity contribution in [2.75, 3.05) is 0 Å². The first kappa shape index (κ1) is 15.7. The van der Waals surface area contributed by atoms with Gasteiger partial charge in [0.1, 0.15) is 0 Å². The fourth-order valence-corrected chi connectivity index (χ4v) is 4.26. The summed E-state index contributed by atoms with van der Waals surface area (Å²) >= 11 is 4.86. The van der Waals surface area contributed by atoms with Crippen LogP contribution in [0.1, 0.15) is 16.0 Å². The molecule has 0 spiro atoms. The first-order valence-corrected chi connectivity index (χ1v) is 9.29. The molecular formula is C13H15BrN2O2S2. The third-order valence-corrected chi connectivity index (χ3v) is 5.70. The lowest BCUT2D eigenvalue weighted by Crippen LogP contribution is -2.24. The van der Waals surface area contributed by atoms with E-state index >= 15 is 0 Å². The summed E-state index contributed by atoms with van der Waals surface area (Å²) in [6.45, 7) is 0.776. The lowest BCUT2D eigenvalue weighted by atomic mass is 10.1. The third kappa shape index (κ3) is 4.68. The number of nitrogens with two attached hydrogens (primary N) is 1. The first-order chi connectivity index (χ1) is 9.48. The number of sulfonamides is 1. The molecule has 0 saturated heterocycles. The van der Waals surface area contributed by atoms with E-state index in [9.17, 15) is 8.42 Å². The largest absolute Gasteiger partial charge is 0.326 e. The van der Waals surface area contributed by atoms with Crippen LogP contribution in [0.4, 0.5) is 0 Å². The molecule has 3 N–H and O–H groups in total. The Morgan fingerprint density at radius 3 is 2.40 bits per heavy atom. The molecule has 0 unspecified atom stereocenters. The van der Waals surface area contributed by atoms with Gasteiger partial charge in [0.05, 0.1) is 5.75 Å². The van der Waals surface area contributed by atoms with Crippen LogP contribution in [0.3, 0.4) is 0 Å². The molecule has 4 nitrogen and oxygen atoms in total. The number of benzene rings is 1. The van der Waals surface area contributed by atoms with Gasteiger partial charge in [-0.05, 0) is 33.1 Å². The minimum atomic E-state index is -3.33. The predicted octanol–water partition coefficient (Wildman–Crippen LogP) is 2.59. The molecule has 0 aliphatic heterocycles. The lowest BCUT2D eigenvalue weighted by molar-refractivity contribution is 0.581. The van der Waals surface area contributed by atoms with Crippen LogP contribution in [0.25, 0.3) is 0 Å². The molecule has 0 amide bonds. The summed E-state index contributed by atoms with van der Waals surface area (Å²) < 4.78 is 27.6. The van der Waals surface area contributed by atoms with Crippen molar-refractivity contribution in [1.29, 1.82) is 0 Å². The summed E-state index contributed by atoms with van der Waals surface area (Å²) in [6.07, 6.45) is 0. The minimum absolute atomic E-state index is 0.0234. The number of hydrogen-bond acceptors (Lipinski definition) is 4. The van der Waals surface area contributed by atoms with Gasteiger partial charge in [-0.25, -0.2) is 13.1 Å². The summed E-state index contributed by atoms with van der Waals surface area (Å²) in [5.41, 5.74) is 7.25. The quantitative estimate of drug-likeness (QED) is 0.815. The average molecular weight is 375 g/mol. The summed E-state index contributed by atoms with van der Waals surface area (Å²) in [4.78, 5) is 0.971. The number of nitrogens with one attached hydrogen (secondary N) is 1. The fourth-order valence-electron chi connectivity index (χ4n) is 1.67. The summed E-state index contributed by atoms with van der Waals surface area (Å²) in [7, 11) is -3.33. The van der Waals surface area contributed by atoms with E-state index in [2.05, 4.69) is 20.7 Å². The van der Waals surface area contributed by atoms with Crippen LogP contribution in [0.5, 0.6) is 0 Å². The maximum absolute atomic E-state index is 12.0. The van der Waals surface area contributed by atoms with Crippen molar-refractivity contribution in [2.45, 2.75) is 18.8 Å². The van der Waals surface area contributed by atoms with E-state index in [-0.39, 0.29) is 5.75 Å². The van der Waals surface area contributed by atoms with Gasteiger partial charge in [0, 0.05) is 27.8 Å². The second kappa shape index (κ2) is 6.82. The van der Waals surface area contributed by atoms with E-state index in [4.69, 9.17) is 5.73 Å². The molecule has 0 bridgehead atoms. The summed E-state index contributed by atoms with van der Waals surface area (Å²) in [5, 5.41) is 1.93. The van der Waals surface area contributed by atoms with Crippen LogP contribution < -0.4 is 10.5 Å². The van der Waals surface area contributed by atoms with E-state index in [1.54, 1.807) is 12.1 Å². The van der Waals surface area contributed by atoms with Crippen LogP contribution in [-0.2, 0) is 28.9 Å². The van der Waals surface area contributed by atoms with Crippen molar-refractivity contribution in [3.05, 3.63) is 56.2 Å². The molecule has 1 aromatic heterocycles. The topological polar surface area (TPSA) is 72.2 Å². The van der Waals surface area contributed by atoms with Crippen LogP contribution in [0, 0.1) is 0 Å². The van der Waals surface area contributed by atoms with E-state index in [0.29, 0.717) is 13.1 Å². The van der Waals surface area contributed by atoms with E-state index < -0.39 is 10.0 Å². The Bertz CT molecular complexity index is 666. The number of halogens is 1. The van der Waals surface area contributed by atoms with E-state index in [0.717, 1.165) is 20.5 Å². The highest BCUT2D eigenvalue weighted by atomic mass is 79.9. The summed E-state index contributed by atoms with van der Waals surface area (Å²) in [5.74, 6) is -0.0234. The highest BCUT2D eigenvalue weighted by Crippen LogP contribution is 2.19. The minimum Gasteiger partial charge on any atom is -0.326 e. The molecular weight excluding hydrogens is 360 g/mol. The van der Waals surface area contributed by atoms with Crippen LogP contribution in [-0.4, -0.2) is 8.42 Å². The van der Waals surface area contributed by atoms with Crippen molar-refractivity contribution < 1.29 is 8.42 Å². The Morgan fingerprint density at radius 1 is 1.20 bits per heavy atom. The third-order valence-electron chi connectivity index (χ3n) is 2.70. The van der Waals surface area contributed by atoms with Gasteiger partial charge in [-0.1, -0.05) is 24.3 Å². The molecule has 1 heterocycles. The van der Waals surface area contributed by atoms with Crippen LogP contribution in [0.2, 0.25) is 0 Å². The molecule has 1 aromatic carbocycles. The molecule has 108 valence electrons. The van der Waals surface area contributed by atoms with Crippen molar-refractivity contribution >= 4 is 37.3 Å². The molecule has 2 aromatic rings. The normalized spacial score (nSPS) is 11.7. The molecule has 0 fully saturated rings. The van der Waals surface area contributed by atoms with Gasteiger partial charge in [-0.3, -0.25) is 0 Å². The van der Waals surface area contributed by atoms with E-state index in [1.807, 2.05) is 23.6 Å². The van der Waals surface area contributed by atoms with Gasteiger partial charge in [-0.2, -0.15) is 0 Å². The molecule has 0 radical (unpaired) electrons. The van der Waals surface area contributed by atoms with Gasteiger partial charge in [0.15, 0.2) is 0 Å². The Balaban J connectivity index is 1.96. The van der Waals surface area contributed by atoms with Gasteiger partial charge >= 0.3 is 0 Å². The molecule has 7 heteroatoms. The Hall–Kier alpha value is -0.730. The first-order valence-electron chi connectivity index (χ1n) is 5.96. The standard InChI is InChI=1S/C13H15BrN2O2S2/c14-12-5-13(19-8-12)7-16-20(17,18)9-11-3-1-10(6-15)2-4-11/h1-5,8,16H,6-7,9,15H2. The van der Waals surface area contributed by atoms with Gasteiger partial charge in [0.25, 0.3) is 0 Å². The molecule has 0 aliphatic rings. The lowest BCUT2D eigenvalue weighted by Gasteiger charge is -2.06. The SMILES string of the molecule is NCc1ccc(CS(=O)(=O)NCc2cc(Br)cs2)cc1. The molecule has 0 saturated carbocycles. The second-order valence-electron chi connectivity index (χ2n) is 4.33. The van der Waals surface area contributed by atoms with Crippen molar-refractivity contribution in [3.8, 4) is 0 Å². The number of rotatable bonds is 6. The fraction of sp³-hybridized carbons (Fsp3) is 0.231. The zero-order valence-corrected chi connectivity index (χ0v) is 13.9. The van der Waals surface area contributed by atoms with Crippen LogP contribution >= 0.6 is 27.3 Å². The maximum atomic E-state index is 12.0. The highest BCUT2D eigenvalue weighted by Gasteiger charge is 2.11. The predicted molar refractivity (Wildman–Crippen MR) is 85.8 cm³/mol. The highest BCUT2D eigenvalue weighted by molar-refractivity contribution is 9.10. The van der Waals surface area contributed by atoms with Crippen molar-refractivity contribution in [2.24, 2.45) is 5.73 Å². The Kier molecular flexibility index (Phi) is 5.34. The van der Waals surface area contributed by atoms with Crippen molar-refractivity contribution in [3.63, 3.8) is 0 Å². The molecule has 20 heavy (non-hydrogen) atoms. The smallest absolute Gasteiger partial charge is 0.216 e. The van der Waals surface area contributed by atoms with Gasteiger partial charge < -0.3 is 5.73 Å². The molecule has 0 aliphatic carbocycles. The zero-order chi connectivity index (χ0) is 14.6. The summed E-state index contributed by atoms with van der Waals surface area (Å²) in [6, 6.07) is 9.19. The number of thiophene rings is 1. The maximum Gasteiger partial charge on any atom is 0.216 e. The zero-order valence-electron chi connectivity index (χ0n) is 10.7. The number of hydrogen-bond donors (Lipinski definition) is 2. The Morgan fingerprint density at radius 2 is 1.85 bits per heavy atom. The van der Waals surface area contributed by atoms with Gasteiger partial charge in [-0.15, -0.1) is 11.3 Å². The van der Waals surface area contributed by atoms with E-state index in [1.165, 1.54) is 11.3 Å². The van der Waals surface area contributed by atoms with Crippen molar-refractivity contribution in [1.82, 2.24) is 4.72 Å². The molecule has 0 atom stereocenters. The monoisotopic (exact) mass is 374 g/mol. The van der Waals surface area contributed by atoms with Gasteiger partial charge in [0.2, 0.25) is 10.0 Å². The second-order valence-corrected chi connectivity index (χ2v) is 8.05. The molecule has 2 rings (SSSR count). The average Bonchev–Trinajstić information content (AvgIpc) is 2.83. The van der Waals surface area contributed by atoms with Crippen LogP contribution in [0.15, 0.2) is 40.2 Å².